The molecule has 8 heteroatoms. The predicted octanol–water partition coefficient (Wildman–Crippen LogP) is -0.449. The highest BCUT2D eigenvalue weighted by Gasteiger charge is 2.27. The van der Waals surface area contributed by atoms with Crippen molar-refractivity contribution in [2.45, 2.75) is 23.8 Å². The zero-order valence-electron chi connectivity index (χ0n) is 9.92. The number of benzene rings is 1. The number of anilines is 1. The van der Waals surface area contributed by atoms with Crippen LogP contribution in [0.5, 0.6) is 0 Å². The van der Waals surface area contributed by atoms with Gasteiger partial charge in [0.2, 0.25) is 21.8 Å². The van der Waals surface area contributed by atoms with Crippen molar-refractivity contribution in [1.82, 2.24) is 5.32 Å². The number of primary sulfonamides is 1. The smallest absolute Gasteiger partial charge is 0.246 e. The molecule has 1 aliphatic heterocycles. The number of nitrogens with two attached hydrogens (primary N) is 1. The molecule has 1 aromatic carbocycles. The number of carbonyl (C=O) groups is 2. The van der Waals surface area contributed by atoms with Crippen LogP contribution in [0.25, 0.3) is 0 Å². The van der Waals surface area contributed by atoms with Crippen molar-refractivity contribution in [3.8, 4) is 0 Å². The summed E-state index contributed by atoms with van der Waals surface area (Å²) in [5.41, 5.74) is 0.443. The summed E-state index contributed by atoms with van der Waals surface area (Å²) >= 11 is 0. The second kappa shape index (κ2) is 4.98. The van der Waals surface area contributed by atoms with Crippen molar-refractivity contribution in [3.63, 3.8) is 0 Å². The first-order chi connectivity index (χ1) is 8.86. The van der Waals surface area contributed by atoms with Gasteiger partial charge in [-0.1, -0.05) is 0 Å². The number of hydrogen-bond donors (Lipinski definition) is 3. The molecule has 1 aliphatic rings. The van der Waals surface area contributed by atoms with Gasteiger partial charge in [0.1, 0.15) is 6.04 Å². The molecule has 4 N–H and O–H groups in total. The van der Waals surface area contributed by atoms with Crippen molar-refractivity contribution in [2.24, 2.45) is 5.14 Å². The topological polar surface area (TPSA) is 118 Å². The molecule has 1 heterocycles. The fourth-order valence-corrected chi connectivity index (χ4v) is 2.28. The lowest BCUT2D eigenvalue weighted by atomic mass is 10.2. The van der Waals surface area contributed by atoms with Crippen LogP contribution in [0.4, 0.5) is 5.69 Å². The Morgan fingerprint density at radius 1 is 1.32 bits per heavy atom. The Balaban J connectivity index is 2.04. The highest BCUT2D eigenvalue weighted by Crippen LogP contribution is 2.14. The summed E-state index contributed by atoms with van der Waals surface area (Å²) in [6.45, 7) is 0. The van der Waals surface area contributed by atoms with Crippen LogP contribution in [-0.2, 0) is 19.6 Å². The number of hydrogen-bond acceptors (Lipinski definition) is 4. The van der Waals surface area contributed by atoms with E-state index in [9.17, 15) is 18.0 Å². The molecule has 7 nitrogen and oxygen atoms in total. The molecule has 19 heavy (non-hydrogen) atoms. The van der Waals surface area contributed by atoms with Gasteiger partial charge in [0, 0.05) is 12.1 Å². The van der Waals surface area contributed by atoms with Crippen LogP contribution in [-0.4, -0.2) is 26.3 Å². The minimum absolute atomic E-state index is 0.0281. The summed E-state index contributed by atoms with van der Waals surface area (Å²) in [6, 6.07) is 4.95. The fraction of sp³-hybridized carbons (Fsp3) is 0.273. The Morgan fingerprint density at radius 2 is 1.95 bits per heavy atom. The monoisotopic (exact) mass is 283 g/mol. The lowest BCUT2D eigenvalue weighted by Crippen LogP contribution is -2.37. The van der Waals surface area contributed by atoms with Crippen molar-refractivity contribution in [2.75, 3.05) is 5.32 Å². The molecule has 0 aromatic heterocycles. The Bertz CT molecular complexity index is 609. The molecular weight excluding hydrogens is 270 g/mol. The molecule has 2 rings (SSSR count). The summed E-state index contributed by atoms with van der Waals surface area (Å²) in [5, 5.41) is 10.1. The SMILES string of the molecule is NS(=O)(=O)c1ccc(NC(=O)[C@@H]2CCC(=O)N2)cc1. The standard InChI is InChI=1S/C11H13N3O4S/c12-19(17,18)8-3-1-7(2-4-8)13-11(16)9-5-6-10(15)14-9/h1-4,9H,5-6H2,(H,13,16)(H,14,15)(H2,12,17,18)/t9-/m0/s1. The number of amides is 2. The first-order valence-corrected chi connectivity index (χ1v) is 7.14. The predicted molar refractivity (Wildman–Crippen MR) is 67.6 cm³/mol. The maximum absolute atomic E-state index is 11.8. The highest BCUT2D eigenvalue weighted by molar-refractivity contribution is 7.89. The maximum atomic E-state index is 11.8. The van der Waals surface area contributed by atoms with Gasteiger partial charge in [0.05, 0.1) is 4.90 Å². The van der Waals surface area contributed by atoms with E-state index < -0.39 is 16.1 Å². The van der Waals surface area contributed by atoms with E-state index in [1.165, 1.54) is 24.3 Å². The largest absolute Gasteiger partial charge is 0.344 e. The van der Waals surface area contributed by atoms with Gasteiger partial charge in [0.15, 0.2) is 0 Å². The molecule has 0 radical (unpaired) electrons. The van der Waals surface area contributed by atoms with Crippen molar-refractivity contribution < 1.29 is 18.0 Å². The fourth-order valence-electron chi connectivity index (χ4n) is 1.77. The van der Waals surface area contributed by atoms with Crippen molar-refractivity contribution in [1.29, 1.82) is 0 Å². The normalized spacial score (nSPS) is 19.0. The number of carbonyl (C=O) groups excluding carboxylic acids is 2. The minimum Gasteiger partial charge on any atom is -0.344 e. The Morgan fingerprint density at radius 3 is 2.42 bits per heavy atom. The molecule has 2 amide bonds. The van der Waals surface area contributed by atoms with E-state index in [2.05, 4.69) is 10.6 Å². The second-order valence-corrected chi connectivity index (χ2v) is 5.78. The van der Waals surface area contributed by atoms with Gasteiger partial charge in [-0.15, -0.1) is 0 Å². The first-order valence-electron chi connectivity index (χ1n) is 5.59. The van der Waals surface area contributed by atoms with Crippen LogP contribution in [0, 0.1) is 0 Å². The van der Waals surface area contributed by atoms with E-state index in [0.717, 1.165) is 0 Å². The summed E-state index contributed by atoms with van der Waals surface area (Å²) in [4.78, 5) is 22.7. The lowest BCUT2D eigenvalue weighted by Gasteiger charge is -2.11. The third-order valence-electron chi connectivity index (χ3n) is 2.76. The number of sulfonamides is 1. The van der Waals surface area contributed by atoms with E-state index >= 15 is 0 Å². The Labute approximate surface area is 110 Å². The van der Waals surface area contributed by atoms with Crippen LogP contribution >= 0.6 is 0 Å². The van der Waals surface area contributed by atoms with Crippen molar-refractivity contribution >= 4 is 27.5 Å². The molecule has 102 valence electrons. The van der Waals surface area contributed by atoms with Crippen molar-refractivity contribution in [3.05, 3.63) is 24.3 Å². The molecule has 1 aromatic rings. The van der Waals surface area contributed by atoms with Crippen LogP contribution < -0.4 is 15.8 Å². The summed E-state index contributed by atoms with van der Waals surface area (Å²) in [6.07, 6.45) is 0.794. The molecule has 0 spiro atoms. The molecule has 1 fully saturated rings. The Kier molecular flexibility index (Phi) is 3.54. The van der Waals surface area contributed by atoms with Crippen LogP contribution in [0.15, 0.2) is 29.2 Å². The minimum atomic E-state index is -3.74. The van der Waals surface area contributed by atoms with Gasteiger partial charge >= 0.3 is 0 Å². The molecule has 0 unspecified atom stereocenters. The summed E-state index contributed by atoms with van der Waals surface area (Å²) in [7, 11) is -3.74. The lowest BCUT2D eigenvalue weighted by molar-refractivity contribution is -0.122. The number of nitrogens with one attached hydrogen (secondary N) is 2. The third kappa shape index (κ3) is 3.30. The average Bonchev–Trinajstić information content (AvgIpc) is 2.75. The molecule has 0 aliphatic carbocycles. The van der Waals surface area contributed by atoms with E-state index in [1.807, 2.05) is 0 Å². The van der Waals surface area contributed by atoms with E-state index in [4.69, 9.17) is 5.14 Å². The molecule has 1 saturated heterocycles. The van der Waals surface area contributed by atoms with E-state index in [-0.39, 0.29) is 16.7 Å². The summed E-state index contributed by atoms with van der Waals surface area (Å²) < 4.78 is 22.1. The zero-order chi connectivity index (χ0) is 14.0. The van der Waals surface area contributed by atoms with Gasteiger partial charge in [0.25, 0.3) is 0 Å². The second-order valence-electron chi connectivity index (χ2n) is 4.22. The average molecular weight is 283 g/mol. The molecule has 0 bridgehead atoms. The third-order valence-corrected chi connectivity index (χ3v) is 3.69. The van der Waals surface area contributed by atoms with Gasteiger partial charge in [-0.2, -0.15) is 0 Å². The first kappa shape index (κ1) is 13.5. The van der Waals surface area contributed by atoms with Crippen LogP contribution in [0.1, 0.15) is 12.8 Å². The van der Waals surface area contributed by atoms with Crippen LogP contribution in [0.3, 0.4) is 0 Å². The Hall–Kier alpha value is -1.93. The van der Waals surface area contributed by atoms with Gasteiger partial charge in [-0.05, 0) is 30.7 Å². The van der Waals surface area contributed by atoms with E-state index in [0.29, 0.717) is 18.5 Å². The quantitative estimate of drug-likeness (QED) is 0.696. The molecule has 0 saturated carbocycles. The highest BCUT2D eigenvalue weighted by atomic mass is 32.2. The maximum Gasteiger partial charge on any atom is 0.246 e. The summed E-state index contributed by atoms with van der Waals surface area (Å²) in [5.74, 6) is -0.473. The van der Waals surface area contributed by atoms with Crippen LogP contribution in [0.2, 0.25) is 0 Å². The molecular formula is C11H13N3O4S. The number of rotatable bonds is 3. The van der Waals surface area contributed by atoms with E-state index in [1.54, 1.807) is 0 Å². The molecule has 1 atom stereocenters. The van der Waals surface area contributed by atoms with Gasteiger partial charge in [-0.3, -0.25) is 9.59 Å². The van der Waals surface area contributed by atoms with Gasteiger partial charge in [-0.25, -0.2) is 13.6 Å². The van der Waals surface area contributed by atoms with Gasteiger partial charge < -0.3 is 10.6 Å². The zero-order valence-corrected chi connectivity index (χ0v) is 10.7.